The quantitative estimate of drug-likeness (QED) is 0.156. The van der Waals surface area contributed by atoms with Crippen LogP contribution in [-0.4, -0.2) is 31.1 Å². The van der Waals surface area contributed by atoms with E-state index < -0.39 is 26.7 Å². The number of aryl methyl sites for hydroxylation is 1. The molecule has 0 bridgehead atoms. The van der Waals surface area contributed by atoms with Gasteiger partial charge in [0.15, 0.2) is 5.75 Å². The summed E-state index contributed by atoms with van der Waals surface area (Å²) in [6, 6.07) is 15.9. The van der Waals surface area contributed by atoms with Crippen molar-refractivity contribution >= 4 is 67.1 Å². The predicted molar refractivity (Wildman–Crippen MR) is 146 cm³/mol. The minimum absolute atomic E-state index is 0.0348. The van der Waals surface area contributed by atoms with E-state index in [0.29, 0.717) is 34.2 Å². The lowest BCUT2D eigenvalue weighted by Gasteiger charge is -2.12. The van der Waals surface area contributed by atoms with Gasteiger partial charge in [-0.3, -0.25) is 9.35 Å². The summed E-state index contributed by atoms with van der Waals surface area (Å²) >= 11 is 12.4. The highest BCUT2D eigenvalue weighted by Crippen LogP contribution is 2.41. The number of hydrogen-bond acceptors (Lipinski definition) is 7. The number of amides is 1. The number of anilines is 1. The number of halogens is 2. The standard InChI is InChI=1S/C26H21Cl2N3O6S/c1-3-14-10-20(23(28)22(11-14)38(34,35)36)30-31-24-17-7-5-4-6-15(17)12-18(25(24)32)26(33)29-16-8-9-21(37-2)19(27)13-16/h4-13,32H,3H2,1-2H3,(H,29,33)(H,34,35,36). The number of carbonyl (C=O) groups is 1. The number of carbonyl (C=O) groups excluding carboxylic acids is 1. The number of phenolic OH excluding ortho intramolecular Hbond substituents is 1. The lowest BCUT2D eigenvalue weighted by molar-refractivity contribution is 0.102. The molecule has 38 heavy (non-hydrogen) atoms. The molecule has 1 amide bonds. The van der Waals surface area contributed by atoms with E-state index in [9.17, 15) is 22.9 Å². The molecule has 0 aliphatic rings. The molecule has 196 valence electrons. The number of hydrogen-bond donors (Lipinski definition) is 3. The highest BCUT2D eigenvalue weighted by molar-refractivity contribution is 7.86. The Balaban J connectivity index is 1.81. The number of rotatable bonds is 7. The van der Waals surface area contributed by atoms with Crippen LogP contribution in [0.15, 0.2) is 75.8 Å². The Kier molecular flexibility index (Phi) is 7.89. The third-order valence-electron chi connectivity index (χ3n) is 5.67. The number of ether oxygens (including phenoxy) is 1. The summed E-state index contributed by atoms with van der Waals surface area (Å²) in [6.07, 6.45) is 0.432. The Morgan fingerprint density at radius 1 is 1.05 bits per heavy atom. The zero-order chi connectivity index (χ0) is 27.6. The van der Waals surface area contributed by atoms with E-state index in [1.54, 1.807) is 43.3 Å². The molecular weight excluding hydrogens is 553 g/mol. The number of fused-ring (bicyclic) bond motifs is 1. The van der Waals surface area contributed by atoms with Gasteiger partial charge in [-0.1, -0.05) is 54.4 Å². The number of methoxy groups -OCH3 is 1. The van der Waals surface area contributed by atoms with Crippen molar-refractivity contribution in [2.24, 2.45) is 10.2 Å². The van der Waals surface area contributed by atoms with E-state index in [1.165, 1.54) is 31.4 Å². The average molecular weight is 574 g/mol. The van der Waals surface area contributed by atoms with Crippen LogP contribution in [0.1, 0.15) is 22.8 Å². The summed E-state index contributed by atoms with van der Waals surface area (Å²) in [5.41, 5.74) is 0.752. The van der Waals surface area contributed by atoms with E-state index in [-0.39, 0.29) is 27.0 Å². The summed E-state index contributed by atoms with van der Waals surface area (Å²) < 4.78 is 38.3. The number of benzene rings is 4. The minimum Gasteiger partial charge on any atom is -0.505 e. The van der Waals surface area contributed by atoms with Crippen LogP contribution >= 0.6 is 23.2 Å². The molecule has 0 unspecified atom stereocenters. The van der Waals surface area contributed by atoms with Crippen molar-refractivity contribution in [3.05, 3.63) is 81.8 Å². The van der Waals surface area contributed by atoms with Crippen LogP contribution in [0, 0.1) is 0 Å². The van der Waals surface area contributed by atoms with E-state index >= 15 is 0 Å². The van der Waals surface area contributed by atoms with Crippen molar-refractivity contribution in [2.75, 3.05) is 12.4 Å². The first-order valence-corrected chi connectivity index (χ1v) is 13.3. The fourth-order valence-corrected chi connectivity index (χ4v) is 5.07. The molecule has 0 aliphatic heterocycles. The third kappa shape index (κ3) is 5.58. The molecule has 9 nitrogen and oxygen atoms in total. The molecule has 4 aromatic rings. The van der Waals surface area contributed by atoms with Crippen LogP contribution < -0.4 is 10.1 Å². The number of nitrogens with one attached hydrogen (secondary N) is 1. The fraction of sp³-hybridized carbons (Fsp3) is 0.115. The topological polar surface area (TPSA) is 138 Å². The summed E-state index contributed by atoms with van der Waals surface area (Å²) in [4.78, 5) is 12.6. The van der Waals surface area contributed by atoms with Gasteiger partial charge in [0.05, 0.1) is 22.7 Å². The molecule has 0 radical (unpaired) electrons. The maximum atomic E-state index is 13.1. The van der Waals surface area contributed by atoms with Crippen LogP contribution in [-0.2, 0) is 16.5 Å². The third-order valence-corrected chi connectivity index (χ3v) is 7.36. The van der Waals surface area contributed by atoms with Gasteiger partial charge in [-0.05, 0) is 53.8 Å². The zero-order valence-electron chi connectivity index (χ0n) is 20.1. The monoisotopic (exact) mass is 573 g/mol. The number of aromatic hydroxyl groups is 1. The molecule has 0 atom stereocenters. The Hall–Kier alpha value is -3.70. The SMILES string of the molecule is CCc1cc(N=Nc2c(O)c(C(=O)Nc3ccc(OC)c(Cl)c3)cc3ccccc23)c(Cl)c(S(=O)(=O)O)c1. The van der Waals surface area contributed by atoms with E-state index in [4.69, 9.17) is 27.9 Å². The Morgan fingerprint density at radius 2 is 1.79 bits per heavy atom. The average Bonchev–Trinajstić information content (AvgIpc) is 2.88. The van der Waals surface area contributed by atoms with E-state index in [0.717, 1.165) is 0 Å². The van der Waals surface area contributed by atoms with Crippen molar-refractivity contribution < 1.29 is 27.6 Å². The second-order valence-electron chi connectivity index (χ2n) is 8.10. The van der Waals surface area contributed by atoms with Crippen molar-refractivity contribution in [3.63, 3.8) is 0 Å². The Morgan fingerprint density at radius 3 is 2.45 bits per heavy atom. The molecule has 0 saturated heterocycles. The normalized spacial score (nSPS) is 11.7. The first-order chi connectivity index (χ1) is 18.0. The first-order valence-electron chi connectivity index (χ1n) is 11.1. The highest BCUT2D eigenvalue weighted by Gasteiger charge is 2.21. The molecule has 0 saturated carbocycles. The Bertz CT molecular complexity index is 1710. The molecule has 4 rings (SSSR count). The molecule has 12 heteroatoms. The lowest BCUT2D eigenvalue weighted by Crippen LogP contribution is -2.12. The van der Waals surface area contributed by atoms with Crippen LogP contribution in [0.3, 0.4) is 0 Å². The van der Waals surface area contributed by atoms with Crippen molar-refractivity contribution in [1.29, 1.82) is 0 Å². The van der Waals surface area contributed by atoms with Crippen molar-refractivity contribution in [1.82, 2.24) is 0 Å². The molecule has 0 heterocycles. The summed E-state index contributed by atoms with van der Waals surface area (Å²) in [5.74, 6) is -0.656. The fourth-order valence-electron chi connectivity index (χ4n) is 3.74. The summed E-state index contributed by atoms with van der Waals surface area (Å²) in [7, 11) is -3.15. The number of azo groups is 1. The summed E-state index contributed by atoms with van der Waals surface area (Å²) in [6.45, 7) is 1.79. The van der Waals surface area contributed by atoms with Gasteiger partial charge in [-0.2, -0.15) is 8.42 Å². The van der Waals surface area contributed by atoms with Crippen LogP contribution in [0.5, 0.6) is 11.5 Å². The molecule has 0 fully saturated rings. The van der Waals surface area contributed by atoms with Gasteiger partial charge in [0, 0.05) is 11.1 Å². The first kappa shape index (κ1) is 27.3. The van der Waals surface area contributed by atoms with Gasteiger partial charge in [0.25, 0.3) is 16.0 Å². The number of nitrogens with zero attached hydrogens (tertiary/aromatic N) is 2. The smallest absolute Gasteiger partial charge is 0.296 e. The predicted octanol–water partition coefficient (Wildman–Crippen LogP) is 7.34. The van der Waals surface area contributed by atoms with Crippen LogP contribution in [0.4, 0.5) is 17.1 Å². The maximum Gasteiger partial charge on any atom is 0.296 e. The lowest BCUT2D eigenvalue weighted by atomic mass is 10.0. The summed E-state index contributed by atoms with van der Waals surface area (Å²) in [5, 5.41) is 23.0. The molecule has 3 N–H and O–H groups in total. The Labute approximate surface area is 228 Å². The largest absolute Gasteiger partial charge is 0.505 e. The molecule has 4 aromatic carbocycles. The van der Waals surface area contributed by atoms with Gasteiger partial charge in [-0.25, -0.2) is 0 Å². The molecule has 0 aliphatic carbocycles. The van der Waals surface area contributed by atoms with E-state index in [1.807, 2.05) is 0 Å². The molecule has 0 spiro atoms. The molecular formula is C26H21Cl2N3O6S. The van der Waals surface area contributed by atoms with Gasteiger partial charge < -0.3 is 15.2 Å². The molecule has 0 aromatic heterocycles. The van der Waals surface area contributed by atoms with Gasteiger partial charge >= 0.3 is 0 Å². The van der Waals surface area contributed by atoms with Crippen LogP contribution in [0.2, 0.25) is 10.0 Å². The van der Waals surface area contributed by atoms with Gasteiger partial charge in [0.1, 0.15) is 22.0 Å². The zero-order valence-corrected chi connectivity index (χ0v) is 22.4. The second kappa shape index (κ2) is 11.0. The van der Waals surface area contributed by atoms with Gasteiger partial charge in [0.2, 0.25) is 0 Å². The van der Waals surface area contributed by atoms with Crippen molar-refractivity contribution in [2.45, 2.75) is 18.2 Å². The second-order valence-corrected chi connectivity index (χ2v) is 10.3. The van der Waals surface area contributed by atoms with Gasteiger partial charge in [-0.15, -0.1) is 10.2 Å². The van der Waals surface area contributed by atoms with E-state index in [2.05, 4.69) is 15.5 Å². The number of phenols is 1. The maximum absolute atomic E-state index is 13.1. The highest BCUT2D eigenvalue weighted by atomic mass is 35.5. The van der Waals surface area contributed by atoms with Crippen LogP contribution in [0.25, 0.3) is 10.8 Å². The minimum atomic E-state index is -4.62. The van der Waals surface area contributed by atoms with Crippen molar-refractivity contribution in [3.8, 4) is 11.5 Å².